The second-order valence-corrected chi connectivity index (χ2v) is 7.34. The van der Waals surface area contributed by atoms with Crippen LogP contribution in [0.4, 0.5) is 0 Å². The molecule has 18 heavy (non-hydrogen) atoms. The van der Waals surface area contributed by atoms with Crippen LogP contribution in [-0.4, -0.2) is 12.6 Å². The molecule has 104 valence electrons. The number of hydrogen-bond acceptors (Lipinski definition) is 2. The van der Waals surface area contributed by atoms with Crippen molar-refractivity contribution in [3.8, 4) is 0 Å². The van der Waals surface area contributed by atoms with E-state index in [-0.39, 0.29) is 0 Å². The Hall–Kier alpha value is -0.340. The zero-order valence-electron chi connectivity index (χ0n) is 12.7. The molecule has 1 unspecified atom stereocenters. The minimum absolute atomic E-state index is 0.361. The van der Waals surface area contributed by atoms with E-state index >= 15 is 0 Å². The zero-order valence-corrected chi connectivity index (χ0v) is 13.5. The van der Waals surface area contributed by atoms with Gasteiger partial charge < -0.3 is 5.32 Å². The summed E-state index contributed by atoms with van der Waals surface area (Å²) in [6.45, 7) is 12.5. The van der Waals surface area contributed by atoms with Gasteiger partial charge in [-0.3, -0.25) is 0 Å². The number of thiophene rings is 1. The lowest BCUT2D eigenvalue weighted by Crippen LogP contribution is -2.40. The monoisotopic (exact) mass is 267 g/mol. The minimum Gasteiger partial charge on any atom is -0.314 e. The molecule has 0 fully saturated rings. The molecule has 0 amide bonds. The summed E-state index contributed by atoms with van der Waals surface area (Å²) >= 11 is 1.98. The molecule has 1 rings (SSSR count). The Labute approximate surface area is 117 Å². The predicted molar refractivity (Wildman–Crippen MR) is 83.6 cm³/mol. The lowest BCUT2D eigenvalue weighted by molar-refractivity contribution is 0.254. The fraction of sp³-hybridized carbons (Fsp3) is 0.750. The fourth-order valence-corrected chi connectivity index (χ4v) is 3.31. The van der Waals surface area contributed by atoms with Crippen molar-refractivity contribution >= 4 is 11.3 Å². The van der Waals surface area contributed by atoms with Crippen molar-refractivity contribution in [3.05, 3.63) is 21.9 Å². The van der Waals surface area contributed by atoms with Gasteiger partial charge >= 0.3 is 0 Å². The third-order valence-electron chi connectivity index (χ3n) is 3.48. The molecule has 0 aromatic carbocycles. The lowest BCUT2D eigenvalue weighted by Gasteiger charge is -2.31. The van der Waals surface area contributed by atoms with Crippen molar-refractivity contribution in [2.75, 3.05) is 6.54 Å². The summed E-state index contributed by atoms with van der Waals surface area (Å²) in [6.07, 6.45) is 4.98. The summed E-state index contributed by atoms with van der Waals surface area (Å²) < 4.78 is 0. The number of aryl methyl sites for hydroxylation is 2. The Morgan fingerprint density at radius 2 is 1.83 bits per heavy atom. The highest BCUT2D eigenvalue weighted by atomic mass is 32.1. The van der Waals surface area contributed by atoms with E-state index in [0.717, 1.165) is 6.54 Å². The van der Waals surface area contributed by atoms with Crippen LogP contribution in [0.1, 0.15) is 57.2 Å². The number of nitrogens with one attached hydrogen (secondary N) is 1. The van der Waals surface area contributed by atoms with Gasteiger partial charge in [0.2, 0.25) is 0 Å². The normalized spacial score (nSPS) is 13.8. The van der Waals surface area contributed by atoms with Gasteiger partial charge in [-0.15, -0.1) is 11.3 Å². The summed E-state index contributed by atoms with van der Waals surface area (Å²) in [5, 5.41) is 3.63. The van der Waals surface area contributed by atoms with E-state index in [1.54, 1.807) is 4.88 Å². The molecule has 0 aliphatic rings. The van der Waals surface area contributed by atoms with Crippen LogP contribution in [-0.2, 0) is 12.8 Å². The molecule has 0 saturated carbocycles. The van der Waals surface area contributed by atoms with Gasteiger partial charge in [-0.2, -0.15) is 0 Å². The first kappa shape index (κ1) is 15.7. The Morgan fingerprint density at radius 3 is 2.33 bits per heavy atom. The highest BCUT2D eigenvalue weighted by Gasteiger charge is 2.22. The Morgan fingerprint density at radius 1 is 1.17 bits per heavy atom. The fourth-order valence-electron chi connectivity index (χ4n) is 2.31. The van der Waals surface area contributed by atoms with Crippen LogP contribution in [0, 0.1) is 5.41 Å². The highest BCUT2D eigenvalue weighted by molar-refractivity contribution is 7.11. The van der Waals surface area contributed by atoms with E-state index in [1.807, 2.05) is 11.3 Å². The third-order valence-corrected chi connectivity index (χ3v) is 4.77. The second kappa shape index (κ2) is 7.30. The first-order valence-electron chi connectivity index (χ1n) is 7.28. The molecule has 0 bridgehead atoms. The minimum atomic E-state index is 0.361. The molecule has 0 saturated heterocycles. The van der Waals surface area contributed by atoms with Crippen LogP contribution in [0.2, 0.25) is 0 Å². The van der Waals surface area contributed by atoms with Crippen molar-refractivity contribution in [3.63, 3.8) is 0 Å². The third kappa shape index (κ3) is 5.11. The molecule has 2 heteroatoms. The van der Waals surface area contributed by atoms with Gasteiger partial charge in [-0.1, -0.05) is 34.6 Å². The average molecular weight is 267 g/mol. The average Bonchev–Trinajstić information content (AvgIpc) is 2.74. The van der Waals surface area contributed by atoms with Crippen LogP contribution >= 0.6 is 11.3 Å². The molecule has 1 nitrogen and oxygen atoms in total. The van der Waals surface area contributed by atoms with Crippen LogP contribution in [0.5, 0.6) is 0 Å². The molecular weight excluding hydrogens is 238 g/mol. The first-order chi connectivity index (χ1) is 8.47. The molecule has 1 atom stereocenters. The Kier molecular flexibility index (Phi) is 6.37. The van der Waals surface area contributed by atoms with E-state index in [9.17, 15) is 0 Å². The maximum atomic E-state index is 3.63. The van der Waals surface area contributed by atoms with Gasteiger partial charge in [0, 0.05) is 15.8 Å². The maximum absolute atomic E-state index is 3.63. The van der Waals surface area contributed by atoms with E-state index in [1.165, 1.54) is 30.6 Å². The van der Waals surface area contributed by atoms with Crippen molar-refractivity contribution < 1.29 is 0 Å². The Balaban J connectivity index is 2.38. The molecule has 1 aromatic rings. The standard InChI is InChI=1S/C16H29NS/c1-6-13-11-12-14(18-13)9-8-10-15(17-7-2)16(3,4)5/h11-12,15,17H,6-10H2,1-5H3. The van der Waals surface area contributed by atoms with Crippen molar-refractivity contribution in [1.29, 1.82) is 0 Å². The van der Waals surface area contributed by atoms with E-state index < -0.39 is 0 Å². The zero-order chi connectivity index (χ0) is 13.6. The van der Waals surface area contributed by atoms with Crippen molar-refractivity contribution in [2.24, 2.45) is 5.41 Å². The van der Waals surface area contributed by atoms with Crippen LogP contribution in [0.3, 0.4) is 0 Å². The lowest BCUT2D eigenvalue weighted by atomic mass is 9.83. The van der Waals surface area contributed by atoms with Crippen LogP contribution in [0.15, 0.2) is 12.1 Å². The molecular formula is C16H29NS. The second-order valence-electron chi connectivity index (χ2n) is 6.09. The smallest absolute Gasteiger partial charge is 0.0116 e. The molecule has 0 radical (unpaired) electrons. The van der Waals surface area contributed by atoms with E-state index in [2.05, 4.69) is 52.1 Å². The SMILES string of the molecule is CCNC(CCCc1ccc(CC)s1)C(C)(C)C. The van der Waals surface area contributed by atoms with Gasteiger partial charge in [0.15, 0.2) is 0 Å². The maximum Gasteiger partial charge on any atom is 0.0116 e. The van der Waals surface area contributed by atoms with Gasteiger partial charge in [0.25, 0.3) is 0 Å². The predicted octanol–water partition coefficient (Wildman–Crippen LogP) is 4.66. The van der Waals surface area contributed by atoms with Crippen molar-refractivity contribution in [2.45, 2.75) is 66.3 Å². The molecule has 0 aliphatic heterocycles. The molecule has 0 spiro atoms. The number of hydrogen-bond donors (Lipinski definition) is 1. The van der Waals surface area contributed by atoms with Gasteiger partial charge in [-0.05, 0) is 49.8 Å². The Bertz CT molecular complexity index is 335. The van der Waals surface area contributed by atoms with Crippen LogP contribution in [0.25, 0.3) is 0 Å². The molecule has 0 aliphatic carbocycles. The molecule has 1 heterocycles. The van der Waals surface area contributed by atoms with Crippen LogP contribution < -0.4 is 5.32 Å². The summed E-state index contributed by atoms with van der Waals surface area (Å²) in [4.78, 5) is 3.07. The summed E-state index contributed by atoms with van der Waals surface area (Å²) in [7, 11) is 0. The first-order valence-corrected chi connectivity index (χ1v) is 8.10. The topological polar surface area (TPSA) is 12.0 Å². The summed E-state index contributed by atoms with van der Waals surface area (Å²) in [5.74, 6) is 0. The van der Waals surface area contributed by atoms with E-state index in [0.29, 0.717) is 11.5 Å². The largest absolute Gasteiger partial charge is 0.314 e. The highest BCUT2D eigenvalue weighted by Crippen LogP contribution is 2.25. The number of rotatable bonds is 7. The van der Waals surface area contributed by atoms with E-state index in [4.69, 9.17) is 0 Å². The molecule has 1 aromatic heterocycles. The quantitative estimate of drug-likeness (QED) is 0.758. The summed E-state index contributed by atoms with van der Waals surface area (Å²) in [6, 6.07) is 5.22. The van der Waals surface area contributed by atoms with Crippen molar-refractivity contribution in [1.82, 2.24) is 5.32 Å². The summed E-state index contributed by atoms with van der Waals surface area (Å²) in [5.41, 5.74) is 0.361. The molecule has 1 N–H and O–H groups in total. The van der Waals surface area contributed by atoms with Gasteiger partial charge in [-0.25, -0.2) is 0 Å². The van der Waals surface area contributed by atoms with Gasteiger partial charge in [0.1, 0.15) is 0 Å². The van der Waals surface area contributed by atoms with Gasteiger partial charge in [0.05, 0.1) is 0 Å².